The molecule has 3 N–H and O–H groups in total. The first-order valence-electron chi connectivity index (χ1n) is 10.7. The lowest BCUT2D eigenvalue weighted by molar-refractivity contribution is -0.141. The number of halogens is 4. The number of alkyl halides is 3. The Kier molecular flexibility index (Phi) is 5.22. The Morgan fingerprint density at radius 1 is 1.32 bits per heavy atom. The molecular formula is C23H21ClF3N7. The van der Waals surface area contributed by atoms with Gasteiger partial charge in [-0.1, -0.05) is 17.7 Å². The number of aromatic amines is 1. The summed E-state index contributed by atoms with van der Waals surface area (Å²) in [6.45, 7) is 4.88. The van der Waals surface area contributed by atoms with Crippen LogP contribution >= 0.6 is 11.6 Å². The van der Waals surface area contributed by atoms with Gasteiger partial charge in [0.05, 0.1) is 16.1 Å². The Labute approximate surface area is 198 Å². The van der Waals surface area contributed by atoms with E-state index in [0.29, 0.717) is 17.4 Å². The Bertz CT molecular complexity index is 1440. The minimum absolute atomic E-state index is 0.00508. The first-order chi connectivity index (χ1) is 16.1. The molecule has 0 amide bonds. The number of hydrogen-bond donors (Lipinski definition) is 3. The summed E-state index contributed by atoms with van der Waals surface area (Å²) in [6.07, 6.45) is 1.10. The summed E-state index contributed by atoms with van der Waals surface area (Å²) in [4.78, 5) is 11.5. The van der Waals surface area contributed by atoms with Crippen molar-refractivity contribution in [1.82, 2.24) is 24.7 Å². The number of aromatic nitrogens is 4. The second-order valence-corrected chi connectivity index (χ2v) is 9.46. The average Bonchev–Trinajstić information content (AvgIpc) is 3.42. The lowest BCUT2D eigenvalue weighted by atomic mass is 9.91. The van der Waals surface area contributed by atoms with Crippen LogP contribution in [0.2, 0.25) is 5.02 Å². The van der Waals surface area contributed by atoms with Crippen molar-refractivity contribution in [3.63, 3.8) is 0 Å². The molecule has 0 bridgehead atoms. The van der Waals surface area contributed by atoms with E-state index in [1.54, 1.807) is 6.07 Å². The molecular weight excluding hydrogens is 467 g/mol. The van der Waals surface area contributed by atoms with Crippen LogP contribution in [0.15, 0.2) is 30.7 Å². The summed E-state index contributed by atoms with van der Waals surface area (Å²) in [7, 11) is 0. The molecule has 0 aliphatic carbocycles. The first-order valence-corrected chi connectivity index (χ1v) is 11.1. The summed E-state index contributed by atoms with van der Waals surface area (Å²) in [5.41, 5.74) is -0.242. The van der Waals surface area contributed by atoms with Crippen LogP contribution in [0.4, 0.5) is 19.0 Å². The molecule has 11 heteroatoms. The monoisotopic (exact) mass is 487 g/mol. The predicted octanol–water partition coefficient (Wildman–Crippen LogP) is 5.36. The van der Waals surface area contributed by atoms with Gasteiger partial charge in [0, 0.05) is 47.7 Å². The highest BCUT2D eigenvalue weighted by molar-refractivity contribution is 6.36. The number of nitrogens with one attached hydrogen (secondary N) is 3. The van der Waals surface area contributed by atoms with Crippen molar-refractivity contribution < 1.29 is 13.2 Å². The highest BCUT2D eigenvalue weighted by Gasteiger charge is 2.39. The van der Waals surface area contributed by atoms with Crippen LogP contribution in [-0.2, 0) is 6.18 Å². The maximum absolute atomic E-state index is 14.3. The van der Waals surface area contributed by atoms with Gasteiger partial charge in [-0.05, 0) is 32.8 Å². The van der Waals surface area contributed by atoms with E-state index in [4.69, 9.17) is 11.6 Å². The van der Waals surface area contributed by atoms with Crippen LogP contribution in [-0.4, -0.2) is 37.5 Å². The van der Waals surface area contributed by atoms with Gasteiger partial charge in [-0.25, -0.2) is 9.97 Å². The fourth-order valence-corrected chi connectivity index (χ4v) is 4.69. The van der Waals surface area contributed by atoms with Crippen molar-refractivity contribution in [1.29, 1.82) is 5.26 Å². The molecule has 34 heavy (non-hydrogen) atoms. The van der Waals surface area contributed by atoms with Gasteiger partial charge in [-0.2, -0.15) is 18.4 Å². The maximum Gasteiger partial charge on any atom is 0.433 e. The third-order valence-corrected chi connectivity index (χ3v) is 6.66. The summed E-state index contributed by atoms with van der Waals surface area (Å²) in [6, 6.07) is 5.03. The van der Waals surface area contributed by atoms with Gasteiger partial charge in [-0.15, -0.1) is 0 Å². The summed E-state index contributed by atoms with van der Waals surface area (Å²) in [5.74, 6) is 0.272. The molecule has 1 unspecified atom stereocenters. The van der Waals surface area contributed by atoms with Gasteiger partial charge in [0.2, 0.25) is 0 Å². The Hall–Kier alpha value is -3.29. The zero-order valence-corrected chi connectivity index (χ0v) is 19.1. The molecule has 176 valence electrons. The number of imidazole rings is 1. The predicted molar refractivity (Wildman–Crippen MR) is 124 cm³/mol. The zero-order chi connectivity index (χ0) is 24.3. The SMILES string of the molecule is CC1(C)CCC(Nc2nc(-c3c[nH]c4c(Cl)c(C#N)ccc34)c(C(F)(F)F)n3ccnc23)CN1. The fraction of sp³-hybridized carbons (Fsp3) is 0.348. The van der Waals surface area contributed by atoms with E-state index in [-0.39, 0.29) is 44.9 Å². The number of hydrogen-bond acceptors (Lipinski definition) is 5. The number of fused-ring (bicyclic) bond motifs is 2. The van der Waals surface area contributed by atoms with Crippen LogP contribution in [0, 0.1) is 11.3 Å². The Morgan fingerprint density at radius 3 is 2.79 bits per heavy atom. The number of nitrogens with zero attached hydrogens (tertiary/aromatic N) is 4. The van der Waals surface area contributed by atoms with Gasteiger partial charge < -0.3 is 15.6 Å². The van der Waals surface area contributed by atoms with E-state index in [9.17, 15) is 18.4 Å². The second kappa shape index (κ2) is 7.89. The highest BCUT2D eigenvalue weighted by Crippen LogP contribution is 2.41. The molecule has 0 saturated carbocycles. The molecule has 3 aromatic heterocycles. The number of benzene rings is 1. The molecule has 1 aliphatic heterocycles. The molecule has 7 nitrogen and oxygen atoms in total. The molecule has 5 rings (SSSR count). The zero-order valence-electron chi connectivity index (χ0n) is 18.4. The van der Waals surface area contributed by atoms with Gasteiger partial charge in [0.15, 0.2) is 17.2 Å². The Morgan fingerprint density at radius 2 is 2.12 bits per heavy atom. The quantitative estimate of drug-likeness (QED) is 0.361. The number of anilines is 1. The third kappa shape index (κ3) is 3.75. The van der Waals surface area contributed by atoms with Crippen LogP contribution < -0.4 is 10.6 Å². The molecule has 0 radical (unpaired) electrons. The Balaban J connectivity index is 1.69. The van der Waals surface area contributed by atoms with E-state index in [2.05, 4.69) is 39.4 Å². The molecule has 4 aromatic rings. The van der Waals surface area contributed by atoms with E-state index in [1.807, 2.05) is 6.07 Å². The van der Waals surface area contributed by atoms with E-state index < -0.39 is 11.9 Å². The summed E-state index contributed by atoms with van der Waals surface area (Å²) < 4.78 is 44.0. The third-order valence-electron chi connectivity index (χ3n) is 6.26. The lowest BCUT2D eigenvalue weighted by Gasteiger charge is -2.36. The summed E-state index contributed by atoms with van der Waals surface area (Å²) >= 11 is 6.30. The lowest BCUT2D eigenvalue weighted by Crippen LogP contribution is -2.50. The second-order valence-electron chi connectivity index (χ2n) is 9.08. The standard InChI is InChI=1S/C23H21ClF3N7/c1-22(2)6-5-13(10-31-22)32-20-21-29-7-8-34(21)19(23(25,26)27)18(33-20)15-11-30-17-14(15)4-3-12(9-28)16(17)24/h3-4,7-8,11,13,30-31H,5-6,10H2,1-2H3,(H,32,33). The maximum atomic E-state index is 14.3. The molecule has 1 aromatic carbocycles. The van der Waals surface area contributed by atoms with Crippen molar-refractivity contribution in [3.05, 3.63) is 47.0 Å². The van der Waals surface area contributed by atoms with Crippen molar-refractivity contribution >= 4 is 34.0 Å². The molecule has 4 heterocycles. The average molecular weight is 488 g/mol. The van der Waals surface area contributed by atoms with E-state index >= 15 is 0 Å². The number of H-pyrrole nitrogens is 1. The van der Waals surface area contributed by atoms with Gasteiger partial charge in [0.1, 0.15) is 11.8 Å². The minimum atomic E-state index is -4.70. The normalized spacial score (nSPS) is 18.3. The van der Waals surface area contributed by atoms with Gasteiger partial charge in [-0.3, -0.25) is 4.40 Å². The minimum Gasteiger partial charge on any atom is -0.363 e. The topological polar surface area (TPSA) is 93.8 Å². The number of rotatable bonds is 3. The number of nitriles is 1. The van der Waals surface area contributed by atoms with Crippen LogP contribution in [0.25, 0.3) is 27.8 Å². The number of piperidine rings is 1. The fourth-order valence-electron chi connectivity index (χ4n) is 4.43. The largest absolute Gasteiger partial charge is 0.433 e. The molecule has 0 spiro atoms. The molecule has 1 fully saturated rings. The first kappa shape index (κ1) is 22.5. The van der Waals surface area contributed by atoms with E-state index in [1.165, 1.54) is 24.7 Å². The van der Waals surface area contributed by atoms with Gasteiger partial charge in [0.25, 0.3) is 0 Å². The van der Waals surface area contributed by atoms with Crippen molar-refractivity contribution in [2.75, 3.05) is 11.9 Å². The van der Waals surface area contributed by atoms with Crippen molar-refractivity contribution in [2.45, 2.75) is 44.4 Å². The van der Waals surface area contributed by atoms with Crippen LogP contribution in [0.3, 0.4) is 0 Å². The molecule has 1 atom stereocenters. The molecule has 1 aliphatic rings. The van der Waals surface area contributed by atoms with Crippen LogP contribution in [0.5, 0.6) is 0 Å². The molecule has 1 saturated heterocycles. The highest BCUT2D eigenvalue weighted by atomic mass is 35.5. The smallest absolute Gasteiger partial charge is 0.363 e. The van der Waals surface area contributed by atoms with Crippen molar-refractivity contribution in [2.24, 2.45) is 0 Å². The van der Waals surface area contributed by atoms with Crippen molar-refractivity contribution in [3.8, 4) is 17.3 Å². The van der Waals surface area contributed by atoms with Gasteiger partial charge >= 0.3 is 6.18 Å². The van der Waals surface area contributed by atoms with E-state index in [0.717, 1.165) is 17.2 Å². The summed E-state index contributed by atoms with van der Waals surface area (Å²) in [5, 5.41) is 16.6. The van der Waals surface area contributed by atoms with Crippen LogP contribution in [0.1, 0.15) is 37.9 Å².